The number of nitrogens with zero attached hydrogens (tertiary/aromatic N) is 7. The van der Waals surface area contributed by atoms with Crippen LogP contribution in [0, 0.1) is 0 Å². The lowest BCUT2D eigenvalue weighted by Crippen LogP contribution is -2.65. The molecule has 0 saturated carbocycles. The van der Waals surface area contributed by atoms with Crippen molar-refractivity contribution in [3.63, 3.8) is 0 Å². The molecule has 6 aromatic rings. The molecule has 6 aromatic heterocycles. The molecule has 1 unspecified atom stereocenters. The molecule has 1 aliphatic heterocycles. The van der Waals surface area contributed by atoms with Gasteiger partial charge >= 0.3 is 0 Å². The van der Waals surface area contributed by atoms with Crippen LogP contribution in [0.2, 0.25) is 0 Å². The standard InChI is InChI=1S/C35H27N7/c1-7-20-36-28(13-1)27-19-26-42(33-18-6-12-25-41-33)35(31-16-4-10-23-39-31,32-17-5-11-24-40-32)34(27,29-14-2-8-21-37-29)30-15-3-9-22-38-30/h1-27H. The maximum absolute atomic E-state index is 5.10. The topological polar surface area (TPSA) is 80.6 Å². The Bertz CT molecular complexity index is 1550. The van der Waals surface area contributed by atoms with Gasteiger partial charge in [0.2, 0.25) is 0 Å². The highest BCUT2D eigenvalue weighted by atomic mass is 15.3. The summed E-state index contributed by atoms with van der Waals surface area (Å²) in [6.45, 7) is 0. The molecule has 7 nitrogen and oxygen atoms in total. The number of hydrogen-bond acceptors (Lipinski definition) is 7. The van der Waals surface area contributed by atoms with Gasteiger partial charge in [-0.15, -0.1) is 0 Å². The first-order valence-corrected chi connectivity index (χ1v) is 13.8. The average molecular weight is 546 g/mol. The third-order valence-electron chi connectivity index (χ3n) is 7.94. The summed E-state index contributed by atoms with van der Waals surface area (Å²) in [5.41, 5.74) is 1.89. The highest BCUT2D eigenvalue weighted by molar-refractivity contribution is 5.65. The van der Waals surface area contributed by atoms with E-state index in [0.29, 0.717) is 0 Å². The van der Waals surface area contributed by atoms with E-state index in [1.54, 1.807) is 6.20 Å². The van der Waals surface area contributed by atoms with Crippen molar-refractivity contribution in [2.45, 2.75) is 16.9 Å². The first kappa shape index (κ1) is 25.4. The van der Waals surface area contributed by atoms with E-state index in [2.05, 4.69) is 47.5 Å². The van der Waals surface area contributed by atoms with Crippen LogP contribution in [0.4, 0.5) is 5.82 Å². The fraction of sp³-hybridized carbons (Fsp3) is 0.0857. The molecule has 0 aromatic carbocycles. The van der Waals surface area contributed by atoms with Crippen LogP contribution in [0.3, 0.4) is 0 Å². The van der Waals surface area contributed by atoms with Crippen LogP contribution in [-0.2, 0) is 11.0 Å². The van der Waals surface area contributed by atoms with Crippen molar-refractivity contribution in [1.29, 1.82) is 0 Å². The summed E-state index contributed by atoms with van der Waals surface area (Å²) < 4.78 is 0. The van der Waals surface area contributed by atoms with E-state index in [0.717, 1.165) is 34.3 Å². The normalized spacial score (nSPS) is 17.0. The highest BCUT2D eigenvalue weighted by Crippen LogP contribution is 2.62. The predicted molar refractivity (Wildman–Crippen MR) is 161 cm³/mol. The van der Waals surface area contributed by atoms with Gasteiger partial charge in [0.05, 0.1) is 22.8 Å². The molecule has 7 rings (SSSR count). The summed E-state index contributed by atoms with van der Waals surface area (Å²) in [6, 6.07) is 36.0. The third kappa shape index (κ3) is 3.82. The zero-order valence-electron chi connectivity index (χ0n) is 22.7. The summed E-state index contributed by atoms with van der Waals surface area (Å²) in [7, 11) is 0. The van der Waals surface area contributed by atoms with E-state index < -0.39 is 11.0 Å². The second-order valence-corrected chi connectivity index (χ2v) is 10.0. The zero-order valence-corrected chi connectivity index (χ0v) is 22.7. The molecule has 0 bridgehead atoms. The Morgan fingerprint density at radius 2 is 0.905 bits per heavy atom. The number of hydrogen-bond donors (Lipinski definition) is 0. The van der Waals surface area contributed by atoms with Crippen LogP contribution < -0.4 is 4.90 Å². The summed E-state index contributed by atoms with van der Waals surface area (Å²) in [4.78, 5) is 32.3. The van der Waals surface area contributed by atoms with Crippen LogP contribution >= 0.6 is 0 Å². The molecular weight excluding hydrogens is 518 g/mol. The number of aromatic nitrogens is 6. The molecule has 0 fully saturated rings. The monoisotopic (exact) mass is 545 g/mol. The SMILES string of the molecule is C1=CN(c2ccccn2)C(c2ccccn2)(c2ccccn2)C(c2ccccn2)(c2ccccn2)C1c1ccccn1. The molecule has 0 saturated heterocycles. The number of allylic oxidation sites excluding steroid dienone is 1. The van der Waals surface area contributed by atoms with E-state index in [1.165, 1.54) is 0 Å². The molecule has 0 aliphatic carbocycles. The molecule has 0 spiro atoms. The maximum atomic E-state index is 5.10. The Labute approximate surface area is 244 Å². The van der Waals surface area contributed by atoms with Crippen molar-refractivity contribution in [3.05, 3.63) is 187 Å². The van der Waals surface area contributed by atoms with Crippen LogP contribution in [0.15, 0.2) is 159 Å². The molecular formula is C35H27N7. The minimum Gasteiger partial charge on any atom is -0.314 e. The van der Waals surface area contributed by atoms with E-state index in [-0.39, 0.29) is 5.92 Å². The summed E-state index contributed by atoms with van der Waals surface area (Å²) in [5, 5.41) is 0. The van der Waals surface area contributed by atoms with Crippen LogP contribution in [0.5, 0.6) is 0 Å². The predicted octanol–water partition coefficient (Wildman–Crippen LogP) is 6.10. The quantitative estimate of drug-likeness (QED) is 0.250. The van der Waals surface area contributed by atoms with Crippen LogP contribution in [0.1, 0.15) is 34.4 Å². The number of anilines is 1. The van der Waals surface area contributed by atoms with Gasteiger partial charge in [-0.25, -0.2) is 4.98 Å². The lowest BCUT2D eigenvalue weighted by molar-refractivity contribution is 0.239. The molecule has 0 amide bonds. The fourth-order valence-corrected chi connectivity index (χ4v) is 6.42. The van der Waals surface area contributed by atoms with E-state index >= 15 is 0 Å². The Morgan fingerprint density at radius 3 is 1.33 bits per heavy atom. The number of pyridine rings is 6. The first-order valence-electron chi connectivity index (χ1n) is 13.8. The molecule has 0 N–H and O–H groups in total. The summed E-state index contributed by atoms with van der Waals surface area (Å²) >= 11 is 0. The Morgan fingerprint density at radius 1 is 0.452 bits per heavy atom. The van der Waals surface area contributed by atoms with E-state index in [1.807, 2.05) is 110 Å². The van der Waals surface area contributed by atoms with Crippen molar-refractivity contribution in [2.75, 3.05) is 4.90 Å². The maximum Gasteiger partial charge on any atom is 0.148 e. The van der Waals surface area contributed by atoms with Crippen molar-refractivity contribution >= 4 is 5.82 Å². The molecule has 42 heavy (non-hydrogen) atoms. The van der Waals surface area contributed by atoms with Gasteiger partial charge in [-0.05, 0) is 72.8 Å². The van der Waals surface area contributed by atoms with E-state index in [9.17, 15) is 0 Å². The zero-order chi connectivity index (χ0) is 28.2. The number of rotatable bonds is 6. The minimum atomic E-state index is -1.12. The van der Waals surface area contributed by atoms with Gasteiger partial charge in [0.25, 0.3) is 0 Å². The average Bonchev–Trinajstić information content (AvgIpc) is 3.09. The van der Waals surface area contributed by atoms with Crippen molar-refractivity contribution in [2.24, 2.45) is 0 Å². The molecule has 7 heteroatoms. The van der Waals surface area contributed by atoms with E-state index in [4.69, 9.17) is 29.9 Å². The fourth-order valence-electron chi connectivity index (χ4n) is 6.42. The van der Waals surface area contributed by atoms with Crippen molar-refractivity contribution < 1.29 is 0 Å². The van der Waals surface area contributed by atoms with Crippen molar-refractivity contribution in [3.8, 4) is 0 Å². The smallest absolute Gasteiger partial charge is 0.148 e. The molecule has 1 aliphatic rings. The van der Waals surface area contributed by atoms with Crippen LogP contribution in [-0.4, -0.2) is 29.9 Å². The van der Waals surface area contributed by atoms with Gasteiger partial charge in [-0.3, -0.25) is 24.9 Å². The lowest BCUT2D eigenvalue weighted by Gasteiger charge is -2.58. The summed E-state index contributed by atoms with van der Waals surface area (Å²) in [6.07, 6.45) is 15.2. The van der Waals surface area contributed by atoms with Crippen LogP contribution in [0.25, 0.3) is 0 Å². The lowest BCUT2D eigenvalue weighted by atomic mass is 9.52. The Hall–Kier alpha value is -5.56. The largest absolute Gasteiger partial charge is 0.314 e. The summed E-state index contributed by atoms with van der Waals surface area (Å²) in [5.74, 6) is 0.410. The Balaban J connectivity index is 1.75. The minimum absolute atomic E-state index is 0.326. The Kier molecular flexibility index (Phi) is 6.52. The molecule has 0 radical (unpaired) electrons. The van der Waals surface area contributed by atoms with Gasteiger partial charge in [0.1, 0.15) is 16.8 Å². The van der Waals surface area contributed by atoms with Gasteiger partial charge in [0.15, 0.2) is 0 Å². The molecule has 202 valence electrons. The third-order valence-corrected chi connectivity index (χ3v) is 7.94. The van der Waals surface area contributed by atoms with Crippen molar-refractivity contribution in [1.82, 2.24) is 29.9 Å². The highest BCUT2D eigenvalue weighted by Gasteiger charge is 2.67. The van der Waals surface area contributed by atoms with Gasteiger partial charge < -0.3 is 4.90 Å². The molecule has 1 atom stereocenters. The first-order chi connectivity index (χ1) is 20.9. The molecule has 7 heterocycles. The second-order valence-electron chi connectivity index (χ2n) is 10.0. The van der Waals surface area contributed by atoms with Gasteiger partial charge in [-0.1, -0.05) is 42.5 Å². The van der Waals surface area contributed by atoms with Gasteiger partial charge in [0, 0.05) is 55.0 Å². The van der Waals surface area contributed by atoms with Gasteiger partial charge in [-0.2, -0.15) is 0 Å². The second kappa shape index (κ2) is 10.8.